The fraction of sp³-hybridized carbons (Fsp3) is 0.263. The highest BCUT2D eigenvalue weighted by molar-refractivity contribution is 6.32. The molecule has 1 aliphatic heterocycles. The summed E-state index contributed by atoms with van der Waals surface area (Å²) in [7, 11) is 0. The van der Waals surface area contributed by atoms with Crippen molar-refractivity contribution in [3.8, 4) is 5.75 Å². The molecule has 0 bridgehead atoms. The summed E-state index contributed by atoms with van der Waals surface area (Å²) in [6.07, 6.45) is 0.248. The number of nitrogens with zero attached hydrogens (tertiary/aromatic N) is 1. The molecule has 29 heavy (non-hydrogen) atoms. The van der Waals surface area contributed by atoms with Gasteiger partial charge in [-0.25, -0.2) is 4.79 Å². The molecule has 152 valence electrons. The number of hydrogen-bond acceptors (Lipinski definition) is 7. The van der Waals surface area contributed by atoms with Crippen LogP contribution in [0.5, 0.6) is 5.75 Å². The molecule has 2 N–H and O–H groups in total. The van der Waals surface area contributed by atoms with E-state index in [0.717, 1.165) is 19.2 Å². The number of amides is 1. The monoisotopic (exact) mass is 419 g/mol. The minimum absolute atomic E-state index is 0.0207. The van der Waals surface area contributed by atoms with Crippen LogP contribution in [0.2, 0.25) is 5.02 Å². The first-order chi connectivity index (χ1) is 13.9. The smallest absolute Gasteiger partial charge is 0.431 e. The van der Waals surface area contributed by atoms with E-state index in [1.807, 2.05) is 0 Å². The first kappa shape index (κ1) is 20.6. The molecule has 1 aliphatic rings. The number of para-hydroxylation sites is 1. The molecule has 3 rings (SSSR count). The second kappa shape index (κ2) is 9.35. The standard InChI is InChI=1S/C19H18ClN3O6/c20-15-6-5-12(11-16(15)23(26)27)22-18(24)14-3-1-2-4-17(14)29-19(25)28-13-7-9-21-10-8-13/h1-6,11,13,21H,7-10H2,(H,22,24). The lowest BCUT2D eigenvalue weighted by atomic mass is 10.1. The Kier molecular flexibility index (Phi) is 6.63. The SMILES string of the molecule is O=C(Oc1ccccc1C(=O)Nc1ccc(Cl)c([N+](=O)[O-])c1)OC1CCNCC1. The summed E-state index contributed by atoms with van der Waals surface area (Å²) in [6.45, 7) is 1.51. The average Bonchev–Trinajstić information content (AvgIpc) is 2.70. The Hall–Kier alpha value is -3.17. The Morgan fingerprint density at radius 2 is 1.90 bits per heavy atom. The van der Waals surface area contributed by atoms with E-state index in [0.29, 0.717) is 12.8 Å². The van der Waals surface area contributed by atoms with Crippen molar-refractivity contribution in [2.45, 2.75) is 18.9 Å². The maximum absolute atomic E-state index is 12.6. The molecule has 1 heterocycles. The van der Waals surface area contributed by atoms with Gasteiger partial charge >= 0.3 is 6.16 Å². The number of hydrogen-bond donors (Lipinski definition) is 2. The summed E-state index contributed by atoms with van der Waals surface area (Å²) < 4.78 is 10.5. The van der Waals surface area contributed by atoms with Gasteiger partial charge in [0.15, 0.2) is 0 Å². The molecule has 10 heteroatoms. The zero-order valence-electron chi connectivity index (χ0n) is 15.2. The van der Waals surface area contributed by atoms with Gasteiger partial charge in [-0.2, -0.15) is 0 Å². The summed E-state index contributed by atoms with van der Waals surface area (Å²) in [5.41, 5.74) is -0.0786. The van der Waals surface area contributed by atoms with Gasteiger partial charge in [0.25, 0.3) is 11.6 Å². The number of anilines is 1. The number of carbonyl (C=O) groups excluding carboxylic acids is 2. The van der Waals surface area contributed by atoms with Gasteiger partial charge in [0.2, 0.25) is 0 Å². The molecule has 0 radical (unpaired) electrons. The summed E-state index contributed by atoms with van der Waals surface area (Å²) >= 11 is 5.78. The number of benzene rings is 2. The summed E-state index contributed by atoms with van der Waals surface area (Å²) in [6, 6.07) is 10.0. The molecule has 1 fully saturated rings. The topological polar surface area (TPSA) is 120 Å². The van der Waals surface area contributed by atoms with Crippen LogP contribution in [0.4, 0.5) is 16.2 Å². The highest BCUT2D eigenvalue weighted by atomic mass is 35.5. The number of nitro groups is 1. The minimum atomic E-state index is -0.890. The van der Waals surface area contributed by atoms with E-state index in [9.17, 15) is 19.7 Å². The fourth-order valence-electron chi connectivity index (χ4n) is 2.84. The van der Waals surface area contributed by atoms with Gasteiger partial charge in [0.05, 0.1) is 10.5 Å². The van der Waals surface area contributed by atoms with E-state index >= 15 is 0 Å². The van der Waals surface area contributed by atoms with Crippen molar-refractivity contribution in [2.75, 3.05) is 18.4 Å². The average molecular weight is 420 g/mol. The van der Waals surface area contributed by atoms with Gasteiger partial charge in [-0.15, -0.1) is 0 Å². The molecule has 9 nitrogen and oxygen atoms in total. The summed E-state index contributed by atoms with van der Waals surface area (Å²) in [5, 5.41) is 16.7. The largest absolute Gasteiger partial charge is 0.514 e. The van der Waals surface area contributed by atoms with Gasteiger partial charge in [-0.05, 0) is 50.2 Å². The number of ether oxygens (including phenoxy) is 2. The number of rotatable bonds is 5. The normalized spacial score (nSPS) is 14.1. The van der Waals surface area contributed by atoms with E-state index in [1.165, 1.54) is 24.3 Å². The van der Waals surface area contributed by atoms with Crippen LogP contribution in [0.15, 0.2) is 42.5 Å². The van der Waals surface area contributed by atoms with Gasteiger partial charge < -0.3 is 20.1 Å². The molecular formula is C19H18ClN3O6. The second-order valence-electron chi connectivity index (χ2n) is 6.29. The number of nitrogens with one attached hydrogen (secondary N) is 2. The van der Waals surface area contributed by atoms with Crippen LogP contribution in [0.1, 0.15) is 23.2 Å². The zero-order chi connectivity index (χ0) is 20.8. The van der Waals surface area contributed by atoms with Crippen molar-refractivity contribution in [1.29, 1.82) is 0 Å². The second-order valence-corrected chi connectivity index (χ2v) is 6.70. The minimum Gasteiger partial charge on any atom is -0.431 e. The van der Waals surface area contributed by atoms with Crippen LogP contribution >= 0.6 is 11.6 Å². The molecule has 0 spiro atoms. The Morgan fingerprint density at radius 3 is 2.62 bits per heavy atom. The lowest BCUT2D eigenvalue weighted by molar-refractivity contribution is -0.384. The van der Waals surface area contributed by atoms with Crippen LogP contribution in [0, 0.1) is 10.1 Å². The van der Waals surface area contributed by atoms with Crippen LogP contribution < -0.4 is 15.4 Å². The van der Waals surface area contributed by atoms with E-state index in [1.54, 1.807) is 12.1 Å². The maximum atomic E-state index is 12.6. The first-order valence-corrected chi connectivity index (χ1v) is 9.25. The molecule has 2 aromatic rings. The molecule has 0 unspecified atom stereocenters. The third kappa shape index (κ3) is 5.43. The molecular weight excluding hydrogens is 402 g/mol. The van der Waals surface area contributed by atoms with Crippen molar-refractivity contribution in [1.82, 2.24) is 5.32 Å². The van der Waals surface area contributed by atoms with Gasteiger partial charge in [0, 0.05) is 11.8 Å². The van der Waals surface area contributed by atoms with Crippen molar-refractivity contribution in [3.05, 3.63) is 63.2 Å². The molecule has 2 aromatic carbocycles. The molecule has 1 amide bonds. The molecule has 0 aromatic heterocycles. The van der Waals surface area contributed by atoms with Crippen molar-refractivity contribution < 1.29 is 24.0 Å². The predicted octanol–water partition coefficient (Wildman–Crippen LogP) is 3.77. The van der Waals surface area contributed by atoms with Gasteiger partial charge in [-0.1, -0.05) is 23.7 Å². The third-order valence-corrected chi connectivity index (χ3v) is 4.59. The Morgan fingerprint density at radius 1 is 1.17 bits per heavy atom. The Bertz CT molecular complexity index is 930. The Balaban J connectivity index is 1.71. The van der Waals surface area contributed by atoms with Crippen molar-refractivity contribution in [3.63, 3.8) is 0 Å². The van der Waals surface area contributed by atoms with Crippen LogP contribution in [-0.4, -0.2) is 36.2 Å². The fourth-order valence-corrected chi connectivity index (χ4v) is 3.02. The molecule has 0 aliphatic carbocycles. The van der Waals surface area contributed by atoms with E-state index in [2.05, 4.69) is 10.6 Å². The maximum Gasteiger partial charge on any atom is 0.514 e. The number of carbonyl (C=O) groups is 2. The van der Waals surface area contributed by atoms with Crippen molar-refractivity contribution in [2.24, 2.45) is 0 Å². The van der Waals surface area contributed by atoms with Crippen LogP contribution in [-0.2, 0) is 4.74 Å². The number of piperidine rings is 1. The first-order valence-electron chi connectivity index (χ1n) is 8.87. The molecule has 0 saturated carbocycles. The van der Waals surface area contributed by atoms with Gasteiger partial charge in [-0.3, -0.25) is 14.9 Å². The van der Waals surface area contributed by atoms with E-state index in [4.69, 9.17) is 21.1 Å². The lowest BCUT2D eigenvalue weighted by Gasteiger charge is -2.22. The van der Waals surface area contributed by atoms with Gasteiger partial charge in [0.1, 0.15) is 16.9 Å². The lowest BCUT2D eigenvalue weighted by Crippen LogP contribution is -2.34. The highest BCUT2D eigenvalue weighted by Gasteiger charge is 2.21. The zero-order valence-corrected chi connectivity index (χ0v) is 16.0. The molecule has 0 atom stereocenters. The predicted molar refractivity (Wildman–Crippen MR) is 106 cm³/mol. The summed E-state index contributed by atoms with van der Waals surface area (Å²) in [5.74, 6) is -0.584. The Labute approximate surface area is 171 Å². The van der Waals surface area contributed by atoms with E-state index < -0.39 is 17.0 Å². The quantitative estimate of drug-likeness (QED) is 0.327. The molecule has 1 saturated heterocycles. The number of halogens is 1. The highest BCUT2D eigenvalue weighted by Crippen LogP contribution is 2.28. The third-order valence-electron chi connectivity index (χ3n) is 4.27. The van der Waals surface area contributed by atoms with E-state index in [-0.39, 0.29) is 33.8 Å². The van der Waals surface area contributed by atoms with Crippen molar-refractivity contribution >= 4 is 35.0 Å². The van der Waals surface area contributed by atoms with Crippen LogP contribution in [0.3, 0.4) is 0 Å². The summed E-state index contributed by atoms with van der Waals surface area (Å²) in [4.78, 5) is 35.1. The number of nitro benzene ring substituents is 1. The van der Waals surface area contributed by atoms with Crippen LogP contribution in [0.25, 0.3) is 0 Å².